The van der Waals surface area contributed by atoms with Crippen molar-refractivity contribution in [3.8, 4) is 0 Å². The number of primary amides is 1. The molecule has 0 spiro atoms. The van der Waals surface area contributed by atoms with Gasteiger partial charge in [-0.15, -0.1) is 0 Å². The largest absolute Gasteiger partial charge is 0.370 e. The van der Waals surface area contributed by atoms with Crippen LogP contribution in [0.3, 0.4) is 0 Å². The minimum atomic E-state index is -1.11. The first-order chi connectivity index (χ1) is 21.5. The molecule has 0 aliphatic carbocycles. The van der Waals surface area contributed by atoms with Gasteiger partial charge in [-0.25, -0.2) is 0 Å². The van der Waals surface area contributed by atoms with Crippen LogP contribution in [0.1, 0.15) is 36.8 Å². The third-order valence-corrected chi connectivity index (χ3v) is 6.73. The topological polar surface area (TPSA) is 285 Å². The maximum Gasteiger partial charge on any atom is 0.243 e. The minimum absolute atomic E-state index is 0.109. The number of carbonyl (C=O) groups excluding carboxylic acids is 4. The summed E-state index contributed by atoms with van der Waals surface area (Å²) in [5.74, 6) is -2.80. The van der Waals surface area contributed by atoms with Crippen molar-refractivity contribution in [2.45, 2.75) is 62.7 Å². The van der Waals surface area contributed by atoms with Gasteiger partial charge in [0, 0.05) is 19.5 Å². The van der Waals surface area contributed by atoms with Crippen LogP contribution in [0.2, 0.25) is 0 Å². The number of hydrogen-bond donors (Lipinski definition) is 9. The molecule has 15 N–H and O–H groups in total. The maximum atomic E-state index is 13.6. The Bertz CT molecular complexity index is 1300. The molecule has 0 unspecified atom stereocenters. The summed E-state index contributed by atoms with van der Waals surface area (Å²) in [6.45, 7) is 0.401. The Labute approximate surface area is 262 Å². The van der Waals surface area contributed by atoms with E-state index in [1.165, 1.54) is 0 Å². The molecule has 0 fully saturated rings. The van der Waals surface area contributed by atoms with Gasteiger partial charge in [-0.1, -0.05) is 60.7 Å². The van der Waals surface area contributed by atoms with Crippen LogP contribution in [0.25, 0.3) is 0 Å². The predicted molar refractivity (Wildman–Crippen MR) is 173 cm³/mol. The van der Waals surface area contributed by atoms with E-state index in [9.17, 15) is 19.2 Å². The zero-order chi connectivity index (χ0) is 33.2. The molecule has 0 bridgehead atoms. The molecule has 45 heavy (non-hydrogen) atoms. The number of benzene rings is 2. The van der Waals surface area contributed by atoms with Crippen LogP contribution in [-0.4, -0.2) is 72.8 Å². The van der Waals surface area contributed by atoms with Gasteiger partial charge in [0.25, 0.3) is 0 Å². The molecule has 244 valence electrons. The van der Waals surface area contributed by atoms with Crippen molar-refractivity contribution in [3.63, 3.8) is 0 Å². The van der Waals surface area contributed by atoms with Gasteiger partial charge < -0.3 is 50.4 Å². The molecular weight excluding hydrogens is 578 g/mol. The van der Waals surface area contributed by atoms with E-state index in [1.54, 1.807) is 24.3 Å². The molecule has 15 nitrogen and oxygen atoms in total. The highest BCUT2D eigenvalue weighted by Crippen LogP contribution is 2.08. The van der Waals surface area contributed by atoms with E-state index >= 15 is 0 Å². The monoisotopic (exact) mass is 623 g/mol. The van der Waals surface area contributed by atoms with Crippen molar-refractivity contribution in [2.24, 2.45) is 44.4 Å². The van der Waals surface area contributed by atoms with E-state index < -0.39 is 47.8 Å². The highest BCUT2D eigenvalue weighted by Gasteiger charge is 2.30. The second kappa shape index (κ2) is 19.2. The molecule has 0 heterocycles. The van der Waals surface area contributed by atoms with Crippen LogP contribution in [-0.2, 0) is 32.0 Å². The molecule has 0 aromatic heterocycles. The number of nitrogens with zero attached hydrogens (tertiary/aromatic N) is 2. The highest BCUT2D eigenvalue weighted by atomic mass is 16.2. The predicted octanol–water partition coefficient (Wildman–Crippen LogP) is -2.15. The van der Waals surface area contributed by atoms with E-state index in [4.69, 9.17) is 34.4 Å². The van der Waals surface area contributed by atoms with Crippen molar-refractivity contribution in [1.29, 1.82) is 0 Å². The molecule has 15 heteroatoms. The summed E-state index contributed by atoms with van der Waals surface area (Å²) in [4.78, 5) is 60.1. The summed E-state index contributed by atoms with van der Waals surface area (Å²) in [7, 11) is 0. The fourth-order valence-electron chi connectivity index (χ4n) is 4.40. The number of nitrogens with two attached hydrogens (primary N) is 6. The SMILES string of the molecule is NC(=O)[C@H](Cc1ccccc1)NC(=O)[C@H](CCCN=C(N)N)NC(=O)[C@H](CCCN=C(N)N)NC(=O)[C@@H](N)Cc1ccccc1. The standard InChI is InChI=1S/C30H45N11O4/c31-21(17-19-9-3-1-4-10-19)26(43)39-22(13-7-15-37-29(33)34)27(44)40-23(14-8-16-38-30(35)36)28(45)41-24(25(32)42)18-20-11-5-2-6-12-20/h1-6,9-12,21-24H,7-8,13-18,31H2,(H2,32,42)(H,39,43)(H,40,44)(H,41,45)(H4,33,34,37)(H4,35,36,38)/t21-,22-,23-,24-/m0/s1. The van der Waals surface area contributed by atoms with Crippen molar-refractivity contribution >= 4 is 35.5 Å². The van der Waals surface area contributed by atoms with Gasteiger partial charge in [0.2, 0.25) is 23.6 Å². The van der Waals surface area contributed by atoms with Gasteiger partial charge >= 0.3 is 0 Å². The Morgan fingerprint density at radius 1 is 0.578 bits per heavy atom. The Kier molecular flexibility index (Phi) is 15.3. The third-order valence-electron chi connectivity index (χ3n) is 6.73. The first kappa shape index (κ1) is 36.0. The summed E-state index contributed by atoms with van der Waals surface area (Å²) >= 11 is 0. The van der Waals surface area contributed by atoms with Crippen LogP contribution in [0, 0.1) is 0 Å². The van der Waals surface area contributed by atoms with Crippen LogP contribution in [0.5, 0.6) is 0 Å². The number of nitrogens with one attached hydrogen (secondary N) is 3. The highest BCUT2D eigenvalue weighted by molar-refractivity contribution is 5.94. The Balaban J connectivity index is 2.21. The lowest BCUT2D eigenvalue weighted by Crippen LogP contribution is -2.58. The first-order valence-electron chi connectivity index (χ1n) is 14.6. The Morgan fingerprint density at radius 2 is 0.978 bits per heavy atom. The van der Waals surface area contributed by atoms with Gasteiger partial charge in [-0.2, -0.15) is 0 Å². The number of hydrogen-bond acceptors (Lipinski definition) is 7. The van der Waals surface area contributed by atoms with E-state index in [0.717, 1.165) is 11.1 Å². The molecule has 0 saturated heterocycles. The molecule has 0 radical (unpaired) electrons. The summed E-state index contributed by atoms with van der Waals surface area (Å²) in [6.07, 6.45) is 1.33. The van der Waals surface area contributed by atoms with Gasteiger partial charge in [0.15, 0.2) is 11.9 Å². The van der Waals surface area contributed by atoms with Gasteiger partial charge in [-0.3, -0.25) is 29.2 Å². The van der Waals surface area contributed by atoms with Crippen molar-refractivity contribution in [2.75, 3.05) is 13.1 Å². The van der Waals surface area contributed by atoms with Crippen molar-refractivity contribution in [3.05, 3.63) is 71.8 Å². The summed E-state index contributed by atoms with van der Waals surface area (Å²) in [5.41, 5.74) is 35.0. The van der Waals surface area contributed by atoms with Gasteiger partial charge in [-0.05, 0) is 43.2 Å². The van der Waals surface area contributed by atoms with Gasteiger partial charge in [0.1, 0.15) is 18.1 Å². The van der Waals surface area contributed by atoms with E-state index in [2.05, 4.69) is 25.9 Å². The molecule has 0 aliphatic heterocycles. The van der Waals surface area contributed by atoms with Gasteiger partial charge in [0.05, 0.1) is 6.04 Å². The summed E-state index contributed by atoms with van der Waals surface area (Å²) < 4.78 is 0. The molecular formula is C30H45N11O4. The van der Waals surface area contributed by atoms with Crippen LogP contribution >= 0.6 is 0 Å². The number of guanidine groups is 2. The minimum Gasteiger partial charge on any atom is -0.370 e. The normalized spacial score (nSPS) is 13.3. The van der Waals surface area contributed by atoms with Crippen molar-refractivity contribution < 1.29 is 19.2 Å². The summed E-state index contributed by atoms with van der Waals surface area (Å²) in [6, 6.07) is 14.1. The number of amides is 4. The zero-order valence-electron chi connectivity index (χ0n) is 25.2. The second-order valence-corrected chi connectivity index (χ2v) is 10.5. The molecule has 4 amide bonds. The Hall–Kier alpha value is -5.18. The zero-order valence-corrected chi connectivity index (χ0v) is 25.2. The van der Waals surface area contributed by atoms with E-state index in [1.807, 2.05) is 36.4 Å². The Morgan fingerprint density at radius 3 is 1.40 bits per heavy atom. The third kappa shape index (κ3) is 14.2. The molecule has 0 aliphatic rings. The molecule has 0 saturated carbocycles. The number of aliphatic imine (C=N–C) groups is 2. The maximum absolute atomic E-state index is 13.6. The lowest BCUT2D eigenvalue weighted by Gasteiger charge is -2.25. The van der Waals surface area contributed by atoms with E-state index in [0.29, 0.717) is 12.8 Å². The second-order valence-electron chi connectivity index (χ2n) is 10.5. The number of rotatable bonds is 19. The van der Waals surface area contributed by atoms with E-state index in [-0.39, 0.29) is 50.7 Å². The lowest BCUT2D eigenvalue weighted by atomic mass is 10.0. The fraction of sp³-hybridized carbons (Fsp3) is 0.400. The van der Waals surface area contributed by atoms with Crippen molar-refractivity contribution in [1.82, 2.24) is 16.0 Å². The van der Waals surface area contributed by atoms with Crippen LogP contribution in [0.4, 0.5) is 0 Å². The number of carbonyl (C=O) groups is 4. The summed E-state index contributed by atoms with van der Waals surface area (Å²) in [5, 5.41) is 8.04. The smallest absolute Gasteiger partial charge is 0.243 e. The van der Waals surface area contributed by atoms with Crippen LogP contribution in [0.15, 0.2) is 70.6 Å². The fourth-order valence-corrected chi connectivity index (χ4v) is 4.40. The molecule has 2 rings (SSSR count). The molecule has 2 aromatic rings. The lowest BCUT2D eigenvalue weighted by molar-refractivity contribution is -0.133. The molecule has 4 atom stereocenters. The quantitative estimate of drug-likeness (QED) is 0.0467. The molecule has 2 aromatic carbocycles. The average molecular weight is 624 g/mol. The average Bonchev–Trinajstić information content (AvgIpc) is 3.00. The first-order valence-corrected chi connectivity index (χ1v) is 14.6. The van der Waals surface area contributed by atoms with Crippen LogP contribution < -0.4 is 50.4 Å².